The number of phenolic OH excluding ortho intramolecular Hbond substituents is 1. The number of rotatable bonds is 2. The molecule has 0 aromatic heterocycles. The van der Waals surface area contributed by atoms with Gasteiger partial charge in [-0.1, -0.05) is 12.1 Å². The van der Waals surface area contributed by atoms with Crippen molar-refractivity contribution >= 4 is 5.69 Å². The Morgan fingerprint density at radius 3 is 2.48 bits per heavy atom. The summed E-state index contributed by atoms with van der Waals surface area (Å²) in [6.07, 6.45) is -3.99. The van der Waals surface area contributed by atoms with E-state index in [-0.39, 0.29) is 30.4 Å². The van der Waals surface area contributed by atoms with Crippen LogP contribution < -0.4 is 5.32 Å². The predicted molar refractivity (Wildman–Crippen MR) is 93.3 cm³/mol. The predicted octanol–water partition coefficient (Wildman–Crippen LogP) is 4.41. The van der Waals surface area contributed by atoms with Gasteiger partial charge in [0.05, 0.1) is 30.4 Å². The largest absolute Gasteiger partial charge is 0.508 e. The Morgan fingerprint density at radius 1 is 1.07 bits per heavy atom. The van der Waals surface area contributed by atoms with Gasteiger partial charge in [0.25, 0.3) is 0 Å². The first kappa shape index (κ1) is 18.1. The molecule has 2 aromatic rings. The Balaban J connectivity index is 1.76. The van der Waals surface area contributed by atoms with Gasteiger partial charge in [0.1, 0.15) is 5.75 Å². The fourth-order valence-corrected chi connectivity index (χ4v) is 4.08. The maximum Gasteiger partial charge on any atom is 0.416 e. The minimum atomic E-state index is -4.43. The molecular weight excluding hydrogens is 359 g/mol. The fraction of sp³-hybridized carbons (Fsp3) is 0.400. The van der Waals surface area contributed by atoms with Gasteiger partial charge < -0.3 is 20.3 Å². The number of anilines is 1. The fourth-order valence-electron chi connectivity index (χ4n) is 4.08. The Kier molecular flexibility index (Phi) is 4.52. The summed E-state index contributed by atoms with van der Waals surface area (Å²) >= 11 is 0. The zero-order valence-corrected chi connectivity index (χ0v) is 14.4. The van der Waals surface area contributed by atoms with E-state index in [9.17, 15) is 23.4 Å². The number of benzene rings is 2. The molecule has 3 N–H and O–H groups in total. The molecule has 2 aliphatic rings. The Hall–Kier alpha value is -2.25. The Labute approximate surface area is 154 Å². The first-order chi connectivity index (χ1) is 12.9. The number of hydrogen-bond acceptors (Lipinski definition) is 4. The quantitative estimate of drug-likeness (QED) is 0.724. The van der Waals surface area contributed by atoms with Crippen LogP contribution in [-0.4, -0.2) is 22.9 Å². The van der Waals surface area contributed by atoms with E-state index in [1.54, 1.807) is 24.3 Å². The monoisotopic (exact) mass is 379 g/mol. The molecular formula is C20H20F3NO3. The third kappa shape index (κ3) is 3.37. The first-order valence-electron chi connectivity index (χ1n) is 8.90. The highest BCUT2D eigenvalue weighted by Gasteiger charge is 2.43. The summed E-state index contributed by atoms with van der Waals surface area (Å²) in [4.78, 5) is 0. The maximum absolute atomic E-state index is 13.2. The lowest BCUT2D eigenvalue weighted by Gasteiger charge is -2.45. The molecule has 4 unspecified atom stereocenters. The van der Waals surface area contributed by atoms with Crippen LogP contribution in [-0.2, 0) is 10.9 Å². The van der Waals surface area contributed by atoms with Gasteiger partial charge in [-0.05, 0) is 48.7 Å². The zero-order valence-electron chi connectivity index (χ0n) is 14.4. The second kappa shape index (κ2) is 6.73. The van der Waals surface area contributed by atoms with Crippen LogP contribution in [0.2, 0.25) is 0 Å². The number of hydrogen-bond donors (Lipinski definition) is 3. The van der Waals surface area contributed by atoms with E-state index in [1.807, 2.05) is 0 Å². The molecule has 144 valence electrons. The van der Waals surface area contributed by atoms with Gasteiger partial charge in [0, 0.05) is 17.2 Å². The number of fused-ring (bicyclic) bond motifs is 3. The van der Waals surface area contributed by atoms with Crippen LogP contribution in [0.5, 0.6) is 5.75 Å². The summed E-state index contributed by atoms with van der Waals surface area (Å²) in [6.45, 7) is -0.158. The van der Waals surface area contributed by atoms with Crippen molar-refractivity contribution in [1.82, 2.24) is 0 Å². The number of aromatic hydroxyl groups is 1. The van der Waals surface area contributed by atoms with E-state index in [0.29, 0.717) is 24.1 Å². The number of aliphatic hydroxyl groups excluding tert-OH is 1. The second-order valence-electron chi connectivity index (χ2n) is 7.12. The number of halogens is 3. The van der Waals surface area contributed by atoms with Gasteiger partial charge in [0.2, 0.25) is 0 Å². The third-order valence-electron chi connectivity index (χ3n) is 5.43. The highest BCUT2D eigenvalue weighted by atomic mass is 19.4. The molecule has 4 nitrogen and oxygen atoms in total. The first-order valence-corrected chi connectivity index (χ1v) is 8.90. The molecule has 0 aliphatic carbocycles. The molecule has 0 saturated carbocycles. The van der Waals surface area contributed by atoms with Gasteiger partial charge in [-0.3, -0.25) is 0 Å². The number of ether oxygens (including phenoxy) is 1. The van der Waals surface area contributed by atoms with Crippen LogP contribution in [0.4, 0.5) is 18.9 Å². The minimum Gasteiger partial charge on any atom is -0.508 e. The van der Waals surface area contributed by atoms with Crippen LogP contribution in [0.25, 0.3) is 0 Å². The molecule has 1 saturated heterocycles. The smallest absolute Gasteiger partial charge is 0.416 e. The summed E-state index contributed by atoms with van der Waals surface area (Å²) in [5.74, 6) is 0.0786. The number of alkyl halides is 3. The lowest BCUT2D eigenvalue weighted by molar-refractivity contribution is -0.138. The summed E-state index contributed by atoms with van der Waals surface area (Å²) < 4.78 is 45.5. The van der Waals surface area contributed by atoms with E-state index >= 15 is 0 Å². The van der Waals surface area contributed by atoms with E-state index in [1.165, 1.54) is 6.07 Å². The Bertz CT molecular complexity index is 822. The molecule has 0 amide bonds. The van der Waals surface area contributed by atoms with Crippen LogP contribution in [0.1, 0.15) is 41.7 Å². The minimum absolute atomic E-state index is 0.0756. The molecule has 7 heteroatoms. The van der Waals surface area contributed by atoms with E-state index < -0.39 is 17.8 Å². The highest BCUT2D eigenvalue weighted by Crippen LogP contribution is 2.51. The molecule has 4 atom stereocenters. The standard InChI is InChI=1S/C20H20F3NO3/c21-20(22,23)12-3-8-17-16(9-12)19-15(7-6-14(10-25)27-19)18(24-17)11-1-4-13(26)5-2-11/h1-5,8-9,14-15,18-19,24-26H,6-7,10H2. The van der Waals surface area contributed by atoms with E-state index in [4.69, 9.17) is 4.74 Å². The molecule has 0 radical (unpaired) electrons. The van der Waals surface area contributed by atoms with Crippen molar-refractivity contribution in [3.05, 3.63) is 59.2 Å². The summed E-state index contributed by atoms with van der Waals surface area (Å²) in [5.41, 5.74) is 1.29. The van der Waals surface area contributed by atoms with Crippen molar-refractivity contribution in [1.29, 1.82) is 0 Å². The van der Waals surface area contributed by atoms with Gasteiger partial charge >= 0.3 is 6.18 Å². The third-order valence-corrected chi connectivity index (χ3v) is 5.43. The van der Waals surface area contributed by atoms with Crippen LogP contribution in [0.15, 0.2) is 42.5 Å². The molecule has 2 heterocycles. The van der Waals surface area contributed by atoms with Crippen molar-refractivity contribution in [2.75, 3.05) is 11.9 Å². The summed E-state index contributed by atoms with van der Waals surface area (Å²) in [6, 6.07) is 10.3. The molecule has 1 fully saturated rings. The molecule has 2 aromatic carbocycles. The van der Waals surface area contributed by atoms with Gasteiger partial charge in [0.15, 0.2) is 0 Å². The summed E-state index contributed by atoms with van der Waals surface area (Å²) in [7, 11) is 0. The van der Waals surface area contributed by atoms with Crippen molar-refractivity contribution in [3.63, 3.8) is 0 Å². The van der Waals surface area contributed by atoms with Crippen LogP contribution in [0.3, 0.4) is 0 Å². The molecule has 4 rings (SSSR count). The van der Waals surface area contributed by atoms with Gasteiger partial charge in [-0.2, -0.15) is 13.2 Å². The highest BCUT2D eigenvalue weighted by molar-refractivity contribution is 5.58. The number of phenols is 1. The van der Waals surface area contributed by atoms with Crippen molar-refractivity contribution in [3.8, 4) is 5.75 Å². The number of nitrogens with one attached hydrogen (secondary N) is 1. The van der Waals surface area contributed by atoms with Crippen molar-refractivity contribution < 1.29 is 28.1 Å². The second-order valence-corrected chi connectivity index (χ2v) is 7.12. The van der Waals surface area contributed by atoms with Crippen LogP contribution in [0, 0.1) is 5.92 Å². The Morgan fingerprint density at radius 2 is 1.81 bits per heavy atom. The number of aliphatic hydroxyl groups is 1. The van der Waals surface area contributed by atoms with E-state index in [0.717, 1.165) is 17.7 Å². The zero-order chi connectivity index (χ0) is 19.2. The van der Waals surface area contributed by atoms with Crippen molar-refractivity contribution in [2.45, 2.75) is 37.3 Å². The molecule has 27 heavy (non-hydrogen) atoms. The molecule has 0 bridgehead atoms. The summed E-state index contributed by atoms with van der Waals surface area (Å²) in [5, 5.41) is 22.4. The lowest BCUT2D eigenvalue weighted by Crippen LogP contribution is -2.40. The van der Waals surface area contributed by atoms with Gasteiger partial charge in [-0.15, -0.1) is 0 Å². The van der Waals surface area contributed by atoms with Crippen molar-refractivity contribution in [2.24, 2.45) is 5.92 Å². The van der Waals surface area contributed by atoms with E-state index in [2.05, 4.69) is 5.32 Å². The van der Waals surface area contributed by atoms with Gasteiger partial charge in [-0.25, -0.2) is 0 Å². The lowest BCUT2D eigenvalue weighted by atomic mass is 9.76. The normalized spacial score (nSPS) is 27.4. The molecule has 2 aliphatic heterocycles. The molecule has 0 spiro atoms. The van der Waals surface area contributed by atoms with Crippen LogP contribution >= 0.6 is 0 Å². The SMILES string of the molecule is OCC1CCC2C(c3ccc(O)cc3)Nc3ccc(C(F)(F)F)cc3C2O1. The average Bonchev–Trinajstić information content (AvgIpc) is 2.66. The topological polar surface area (TPSA) is 61.7 Å². The maximum atomic E-state index is 13.2. The average molecular weight is 379 g/mol.